The van der Waals surface area contributed by atoms with Crippen molar-refractivity contribution in [1.29, 1.82) is 0 Å². The summed E-state index contributed by atoms with van der Waals surface area (Å²) in [5.74, 6) is 0.190. The van der Waals surface area contributed by atoms with Crippen LogP contribution in [-0.4, -0.2) is 42.5 Å². The van der Waals surface area contributed by atoms with Gasteiger partial charge >= 0.3 is 0 Å². The molecule has 0 aromatic heterocycles. The molecule has 142 valence electrons. The summed E-state index contributed by atoms with van der Waals surface area (Å²) < 4.78 is 0. The van der Waals surface area contributed by atoms with Gasteiger partial charge in [0.25, 0.3) is 0 Å². The lowest BCUT2D eigenvalue weighted by Crippen LogP contribution is -2.51. The first-order valence-corrected chi connectivity index (χ1v) is 9.12. The second-order valence-corrected chi connectivity index (χ2v) is 6.85. The Bertz CT molecular complexity index is 495. The Labute approximate surface area is 163 Å². The number of carbonyl (C=O) groups is 1. The summed E-state index contributed by atoms with van der Waals surface area (Å²) in [7, 11) is 0. The van der Waals surface area contributed by atoms with Gasteiger partial charge in [0.1, 0.15) is 0 Å². The van der Waals surface area contributed by atoms with Crippen LogP contribution in [0.5, 0.6) is 0 Å². The summed E-state index contributed by atoms with van der Waals surface area (Å²) in [6, 6.07) is 11.1. The van der Waals surface area contributed by atoms with E-state index in [1.807, 2.05) is 0 Å². The van der Waals surface area contributed by atoms with Crippen LogP contribution in [0.2, 0.25) is 0 Å². The van der Waals surface area contributed by atoms with Crippen LogP contribution < -0.4 is 10.6 Å². The van der Waals surface area contributed by atoms with Gasteiger partial charge in [-0.1, -0.05) is 43.2 Å². The van der Waals surface area contributed by atoms with Crippen molar-refractivity contribution < 1.29 is 4.79 Å². The van der Waals surface area contributed by atoms with Gasteiger partial charge in [0.15, 0.2) is 0 Å². The fraction of sp³-hybridized carbons (Fsp3) is 0.632. The minimum atomic E-state index is 0. The van der Waals surface area contributed by atoms with Gasteiger partial charge in [0.05, 0.1) is 6.04 Å². The molecule has 1 amide bonds. The largest absolute Gasteiger partial charge is 0.353 e. The quantitative estimate of drug-likeness (QED) is 0.815. The molecule has 0 saturated carbocycles. The molecule has 0 radical (unpaired) electrons. The first-order valence-electron chi connectivity index (χ1n) is 9.12. The molecule has 0 aliphatic carbocycles. The van der Waals surface area contributed by atoms with Crippen LogP contribution in [0.1, 0.15) is 44.1 Å². The Morgan fingerprint density at radius 3 is 2.56 bits per heavy atom. The predicted octanol–water partition coefficient (Wildman–Crippen LogP) is 3.14. The van der Waals surface area contributed by atoms with E-state index in [1.165, 1.54) is 31.2 Å². The lowest BCUT2D eigenvalue weighted by atomic mass is 10.00. The number of hydrogen-bond donors (Lipinski definition) is 2. The van der Waals surface area contributed by atoms with E-state index < -0.39 is 0 Å². The van der Waals surface area contributed by atoms with E-state index in [-0.39, 0.29) is 36.8 Å². The Balaban J connectivity index is 0.00000156. The maximum atomic E-state index is 12.3. The van der Waals surface area contributed by atoms with Gasteiger partial charge in [0, 0.05) is 19.1 Å². The van der Waals surface area contributed by atoms with E-state index >= 15 is 0 Å². The van der Waals surface area contributed by atoms with Gasteiger partial charge in [-0.15, -0.1) is 24.8 Å². The molecule has 4 nitrogen and oxygen atoms in total. The molecule has 2 atom stereocenters. The van der Waals surface area contributed by atoms with Crippen LogP contribution >= 0.6 is 24.8 Å². The fourth-order valence-electron chi connectivity index (χ4n) is 3.73. The normalized spacial score (nSPS) is 23.8. The predicted molar refractivity (Wildman–Crippen MR) is 108 cm³/mol. The molecule has 2 aliphatic rings. The summed E-state index contributed by atoms with van der Waals surface area (Å²) in [6.07, 6.45) is 7.05. The first-order chi connectivity index (χ1) is 11.3. The molecule has 1 aromatic carbocycles. The molecule has 2 N–H and O–H groups in total. The van der Waals surface area contributed by atoms with Gasteiger partial charge < -0.3 is 10.6 Å². The molecule has 25 heavy (non-hydrogen) atoms. The average Bonchev–Trinajstić information content (AvgIpc) is 2.62. The van der Waals surface area contributed by atoms with Crippen molar-refractivity contribution >= 4 is 30.7 Å². The third kappa shape index (κ3) is 6.78. The molecule has 2 heterocycles. The Hall–Kier alpha value is -0.810. The lowest BCUT2D eigenvalue weighted by molar-refractivity contribution is -0.124. The van der Waals surface area contributed by atoms with E-state index in [2.05, 4.69) is 45.9 Å². The Kier molecular flexibility index (Phi) is 10.4. The van der Waals surface area contributed by atoms with Crippen molar-refractivity contribution in [3.63, 3.8) is 0 Å². The third-order valence-corrected chi connectivity index (χ3v) is 5.12. The van der Waals surface area contributed by atoms with Crippen molar-refractivity contribution in [2.45, 2.75) is 57.2 Å². The van der Waals surface area contributed by atoms with Gasteiger partial charge in [-0.3, -0.25) is 9.69 Å². The molecular weight excluding hydrogens is 357 g/mol. The molecule has 2 aliphatic heterocycles. The molecular formula is C19H31Cl2N3O. The number of carbonyl (C=O) groups excluding carboxylic acids is 1. The summed E-state index contributed by atoms with van der Waals surface area (Å²) in [4.78, 5) is 14.8. The van der Waals surface area contributed by atoms with Crippen molar-refractivity contribution in [2.24, 2.45) is 0 Å². The molecule has 3 rings (SSSR count). The van der Waals surface area contributed by atoms with Gasteiger partial charge in [-0.25, -0.2) is 0 Å². The van der Waals surface area contributed by atoms with Crippen LogP contribution in [0.15, 0.2) is 30.3 Å². The molecule has 1 aromatic rings. The highest BCUT2D eigenvalue weighted by Gasteiger charge is 2.25. The second-order valence-electron chi connectivity index (χ2n) is 6.85. The molecule has 2 fully saturated rings. The summed E-state index contributed by atoms with van der Waals surface area (Å²) in [5, 5.41) is 6.53. The minimum absolute atomic E-state index is 0. The van der Waals surface area contributed by atoms with Gasteiger partial charge in [-0.05, 0) is 44.3 Å². The molecule has 6 heteroatoms. The van der Waals surface area contributed by atoms with Crippen LogP contribution in [-0.2, 0) is 11.3 Å². The smallest absolute Gasteiger partial charge is 0.237 e. The fourth-order valence-corrected chi connectivity index (χ4v) is 3.73. The zero-order valence-corrected chi connectivity index (χ0v) is 16.4. The number of likely N-dealkylation sites (tertiary alicyclic amines) is 1. The number of hydrogen-bond acceptors (Lipinski definition) is 3. The van der Waals surface area contributed by atoms with E-state index in [9.17, 15) is 4.79 Å². The van der Waals surface area contributed by atoms with E-state index in [4.69, 9.17) is 0 Å². The zero-order valence-electron chi connectivity index (χ0n) is 14.8. The van der Waals surface area contributed by atoms with Crippen molar-refractivity contribution in [3.8, 4) is 0 Å². The Morgan fingerprint density at radius 1 is 1.08 bits per heavy atom. The average molecular weight is 388 g/mol. The monoisotopic (exact) mass is 387 g/mol. The maximum absolute atomic E-state index is 12.3. The second kappa shape index (κ2) is 11.7. The third-order valence-electron chi connectivity index (χ3n) is 5.12. The minimum Gasteiger partial charge on any atom is -0.353 e. The lowest BCUT2D eigenvalue weighted by Gasteiger charge is -2.36. The maximum Gasteiger partial charge on any atom is 0.237 e. The summed E-state index contributed by atoms with van der Waals surface area (Å²) >= 11 is 0. The summed E-state index contributed by atoms with van der Waals surface area (Å²) in [6.45, 7) is 3.88. The Morgan fingerprint density at radius 2 is 1.84 bits per heavy atom. The van der Waals surface area contributed by atoms with Crippen molar-refractivity contribution in [2.75, 3.05) is 19.6 Å². The highest BCUT2D eigenvalue weighted by Crippen LogP contribution is 2.19. The van der Waals surface area contributed by atoms with Crippen molar-refractivity contribution in [1.82, 2.24) is 15.5 Å². The number of rotatable bonds is 5. The zero-order chi connectivity index (χ0) is 15.9. The van der Waals surface area contributed by atoms with Crippen LogP contribution in [0, 0.1) is 0 Å². The standard InChI is InChI=1S/C19H29N3O.2ClH/c23-19(18-11-4-6-12-20-18)21-14-17-10-5-7-13-22(17)15-16-8-2-1-3-9-16;;/h1-3,8-9,17-18,20H,4-7,10-15H2,(H,21,23);2*1H/t17?,18-;;/m1../s1. The van der Waals surface area contributed by atoms with Gasteiger partial charge in [-0.2, -0.15) is 0 Å². The van der Waals surface area contributed by atoms with E-state index in [0.29, 0.717) is 6.04 Å². The SMILES string of the molecule is Cl.Cl.O=C(NCC1CCCCN1Cc1ccccc1)[C@H]1CCCCN1. The first kappa shape index (κ1) is 22.2. The number of piperidine rings is 2. The number of amides is 1. The number of nitrogens with one attached hydrogen (secondary N) is 2. The van der Waals surface area contributed by atoms with Crippen LogP contribution in [0.25, 0.3) is 0 Å². The molecule has 1 unspecified atom stereocenters. The number of nitrogens with zero attached hydrogens (tertiary/aromatic N) is 1. The topological polar surface area (TPSA) is 44.4 Å². The van der Waals surface area contributed by atoms with Crippen molar-refractivity contribution in [3.05, 3.63) is 35.9 Å². The molecule has 0 spiro atoms. The molecule has 0 bridgehead atoms. The molecule has 2 saturated heterocycles. The van der Waals surface area contributed by atoms with Crippen LogP contribution in [0.3, 0.4) is 0 Å². The van der Waals surface area contributed by atoms with E-state index in [0.717, 1.165) is 39.0 Å². The number of benzene rings is 1. The highest BCUT2D eigenvalue weighted by atomic mass is 35.5. The van der Waals surface area contributed by atoms with Crippen LogP contribution in [0.4, 0.5) is 0 Å². The summed E-state index contributed by atoms with van der Waals surface area (Å²) in [5.41, 5.74) is 1.36. The highest BCUT2D eigenvalue weighted by molar-refractivity contribution is 5.85. The number of halogens is 2. The van der Waals surface area contributed by atoms with Gasteiger partial charge in [0.2, 0.25) is 5.91 Å². The van der Waals surface area contributed by atoms with E-state index in [1.54, 1.807) is 0 Å².